The van der Waals surface area contributed by atoms with Crippen molar-refractivity contribution in [3.8, 4) is 5.75 Å². The highest BCUT2D eigenvalue weighted by molar-refractivity contribution is 6.50. The Balaban J connectivity index is 2.04. The van der Waals surface area contributed by atoms with Crippen LogP contribution in [0.5, 0.6) is 5.75 Å². The van der Waals surface area contributed by atoms with Crippen molar-refractivity contribution in [3.05, 3.63) is 64.7 Å². The van der Waals surface area contributed by atoms with Gasteiger partial charge in [-0.1, -0.05) is 18.2 Å². The molecule has 0 aromatic heterocycles. The fourth-order valence-corrected chi connectivity index (χ4v) is 4.62. The first-order valence-corrected chi connectivity index (χ1v) is 10.1. The second-order valence-corrected chi connectivity index (χ2v) is 7.78. The summed E-state index contributed by atoms with van der Waals surface area (Å²) in [7, 11) is 4.59. The zero-order valence-electron chi connectivity index (χ0n) is 18.3. The summed E-state index contributed by atoms with van der Waals surface area (Å²) in [6.07, 6.45) is 0. The summed E-state index contributed by atoms with van der Waals surface area (Å²) in [5.41, 5.74) is 0.0654. The Morgan fingerprint density at radius 3 is 2.47 bits per heavy atom. The van der Waals surface area contributed by atoms with Crippen LogP contribution in [0.2, 0.25) is 0 Å². The van der Waals surface area contributed by atoms with Crippen molar-refractivity contribution in [1.82, 2.24) is 4.90 Å². The maximum atomic E-state index is 13.7. The number of methoxy groups -OCH3 is 2. The molecule has 4 rings (SSSR count). The summed E-state index contributed by atoms with van der Waals surface area (Å²) in [4.78, 5) is 42.8. The summed E-state index contributed by atoms with van der Waals surface area (Å²) in [5, 5.41) is 11.3. The number of benzene rings is 2. The van der Waals surface area contributed by atoms with Gasteiger partial charge in [0, 0.05) is 37.5 Å². The fourth-order valence-electron chi connectivity index (χ4n) is 4.62. The number of hydrogen-bond acceptors (Lipinski definition) is 6. The van der Waals surface area contributed by atoms with Crippen LogP contribution in [0.3, 0.4) is 0 Å². The van der Waals surface area contributed by atoms with Crippen LogP contribution < -0.4 is 9.64 Å². The number of ketones is 1. The Morgan fingerprint density at radius 1 is 1.09 bits per heavy atom. The molecule has 1 saturated heterocycles. The highest BCUT2D eigenvalue weighted by atomic mass is 16.5. The molecule has 8 nitrogen and oxygen atoms in total. The molecule has 1 fully saturated rings. The maximum Gasteiger partial charge on any atom is 0.296 e. The topological polar surface area (TPSA) is 96.4 Å². The van der Waals surface area contributed by atoms with Crippen LogP contribution in [-0.4, -0.2) is 62.0 Å². The van der Waals surface area contributed by atoms with E-state index in [2.05, 4.69) is 0 Å². The van der Waals surface area contributed by atoms with E-state index in [4.69, 9.17) is 9.47 Å². The lowest BCUT2D eigenvalue weighted by molar-refractivity contribution is -0.144. The Kier molecular flexibility index (Phi) is 5.26. The Labute approximate surface area is 185 Å². The largest absolute Gasteiger partial charge is 0.507 e. The third-order valence-corrected chi connectivity index (χ3v) is 6.13. The van der Waals surface area contributed by atoms with Crippen molar-refractivity contribution in [1.29, 1.82) is 0 Å². The van der Waals surface area contributed by atoms with Gasteiger partial charge in [0.1, 0.15) is 11.5 Å². The first kappa shape index (κ1) is 21.6. The lowest BCUT2D eigenvalue weighted by atomic mass is 9.82. The van der Waals surface area contributed by atoms with Gasteiger partial charge >= 0.3 is 0 Å². The molecule has 1 unspecified atom stereocenters. The standard InChI is InChI=1S/C24H24N2O6/c1-14-13-15(9-10-18(14)32-4)20(27)19-21(28)22(29)26(11-12-31-3)24(19)16-7-5-6-8-17(16)25(2)23(24)30/h5-10,13,27H,11-12H2,1-4H3. The van der Waals surface area contributed by atoms with Gasteiger partial charge < -0.3 is 24.4 Å². The number of likely N-dealkylation sites (tertiary alicyclic amines) is 1. The summed E-state index contributed by atoms with van der Waals surface area (Å²) in [5.74, 6) is -2.05. The normalized spacial score (nSPS) is 21.6. The lowest BCUT2D eigenvalue weighted by Gasteiger charge is -2.34. The average Bonchev–Trinajstić information content (AvgIpc) is 3.15. The number of rotatable bonds is 5. The van der Waals surface area contributed by atoms with E-state index in [1.54, 1.807) is 56.4 Å². The number of amides is 2. The van der Waals surface area contributed by atoms with E-state index >= 15 is 0 Å². The molecule has 2 amide bonds. The van der Waals surface area contributed by atoms with Gasteiger partial charge in [-0.3, -0.25) is 14.4 Å². The monoisotopic (exact) mass is 436 g/mol. The number of aliphatic hydroxyl groups excluding tert-OH is 1. The summed E-state index contributed by atoms with van der Waals surface area (Å²) < 4.78 is 10.4. The van der Waals surface area contributed by atoms with E-state index < -0.39 is 28.9 Å². The van der Waals surface area contributed by atoms with Crippen LogP contribution >= 0.6 is 0 Å². The number of likely N-dealkylation sites (N-methyl/N-ethyl adjacent to an activating group) is 1. The van der Waals surface area contributed by atoms with Gasteiger partial charge in [-0.15, -0.1) is 0 Å². The smallest absolute Gasteiger partial charge is 0.296 e. The van der Waals surface area contributed by atoms with E-state index in [-0.39, 0.29) is 18.7 Å². The van der Waals surface area contributed by atoms with Crippen LogP contribution in [0.15, 0.2) is 48.0 Å². The van der Waals surface area contributed by atoms with E-state index in [9.17, 15) is 19.5 Å². The Morgan fingerprint density at radius 2 is 1.81 bits per heavy atom. The van der Waals surface area contributed by atoms with E-state index in [0.29, 0.717) is 22.6 Å². The molecule has 8 heteroatoms. The number of hydrogen-bond donors (Lipinski definition) is 1. The number of fused-ring (bicyclic) bond motifs is 2. The van der Waals surface area contributed by atoms with Gasteiger partial charge in [0.05, 0.1) is 19.3 Å². The zero-order chi connectivity index (χ0) is 23.2. The van der Waals surface area contributed by atoms with E-state index in [1.165, 1.54) is 24.0 Å². The van der Waals surface area contributed by atoms with Crippen molar-refractivity contribution >= 4 is 29.0 Å². The number of carbonyl (C=O) groups excluding carboxylic acids is 3. The number of para-hydroxylation sites is 1. The third kappa shape index (κ3) is 2.76. The van der Waals surface area contributed by atoms with Crippen molar-refractivity contribution in [2.75, 3.05) is 39.3 Å². The average molecular weight is 436 g/mol. The molecule has 0 radical (unpaired) electrons. The number of carbonyl (C=O) groups is 3. The Bertz CT molecular complexity index is 1170. The molecule has 2 aliphatic rings. The van der Waals surface area contributed by atoms with Gasteiger partial charge in [-0.2, -0.15) is 0 Å². The predicted molar refractivity (Wildman–Crippen MR) is 117 cm³/mol. The number of Topliss-reactive ketones (excluding diaryl/α,β-unsaturated/α-hetero) is 1. The van der Waals surface area contributed by atoms with Crippen molar-refractivity contribution in [3.63, 3.8) is 0 Å². The number of aliphatic hydroxyl groups is 1. The zero-order valence-corrected chi connectivity index (χ0v) is 18.3. The van der Waals surface area contributed by atoms with Crippen molar-refractivity contribution in [2.24, 2.45) is 0 Å². The quantitative estimate of drug-likeness (QED) is 0.439. The van der Waals surface area contributed by atoms with Gasteiger partial charge in [-0.25, -0.2) is 0 Å². The van der Waals surface area contributed by atoms with Crippen molar-refractivity contribution < 1.29 is 29.0 Å². The number of anilines is 1. The van der Waals surface area contributed by atoms with E-state index in [0.717, 1.165) is 5.56 Å². The third-order valence-electron chi connectivity index (χ3n) is 6.13. The van der Waals surface area contributed by atoms with Gasteiger partial charge in [-0.05, 0) is 36.8 Å². The van der Waals surface area contributed by atoms with Crippen LogP contribution in [-0.2, 0) is 24.7 Å². The molecule has 0 bridgehead atoms. The molecule has 166 valence electrons. The summed E-state index contributed by atoms with van der Waals surface area (Å²) in [6.45, 7) is 1.93. The maximum absolute atomic E-state index is 13.7. The molecule has 2 aromatic rings. The van der Waals surface area contributed by atoms with E-state index in [1.807, 2.05) is 0 Å². The molecular weight excluding hydrogens is 412 g/mol. The summed E-state index contributed by atoms with van der Waals surface area (Å²) in [6, 6.07) is 11.9. The van der Waals surface area contributed by atoms with Gasteiger partial charge in [0.15, 0.2) is 5.54 Å². The molecule has 2 heterocycles. The highest BCUT2D eigenvalue weighted by Crippen LogP contribution is 2.53. The van der Waals surface area contributed by atoms with Crippen LogP contribution in [0, 0.1) is 6.92 Å². The molecule has 0 aliphatic carbocycles. The second-order valence-electron chi connectivity index (χ2n) is 7.78. The highest BCUT2D eigenvalue weighted by Gasteiger charge is 2.66. The number of nitrogens with zero attached hydrogens (tertiary/aromatic N) is 2. The molecule has 1 spiro atoms. The molecule has 32 heavy (non-hydrogen) atoms. The fraction of sp³-hybridized carbons (Fsp3) is 0.292. The SMILES string of the molecule is COCCN1C(=O)C(=O)C(=C(O)c2ccc(OC)c(C)c2)C12C(=O)N(C)c1ccccc12. The summed E-state index contributed by atoms with van der Waals surface area (Å²) >= 11 is 0. The van der Waals surface area contributed by atoms with Gasteiger partial charge in [0.25, 0.3) is 17.6 Å². The number of aryl methyl sites for hydroxylation is 1. The minimum absolute atomic E-state index is 0.00735. The predicted octanol–water partition coefficient (Wildman–Crippen LogP) is 2.20. The van der Waals surface area contributed by atoms with Crippen LogP contribution in [0.4, 0.5) is 5.69 Å². The van der Waals surface area contributed by atoms with Crippen LogP contribution in [0.1, 0.15) is 16.7 Å². The molecule has 2 aromatic carbocycles. The Hall–Kier alpha value is -3.65. The minimum Gasteiger partial charge on any atom is -0.507 e. The molecule has 2 aliphatic heterocycles. The molecule has 1 N–H and O–H groups in total. The van der Waals surface area contributed by atoms with Crippen LogP contribution in [0.25, 0.3) is 5.76 Å². The first-order chi connectivity index (χ1) is 15.3. The van der Waals surface area contributed by atoms with Gasteiger partial charge in [0.2, 0.25) is 0 Å². The van der Waals surface area contributed by atoms with Crippen molar-refractivity contribution in [2.45, 2.75) is 12.5 Å². The first-order valence-electron chi connectivity index (χ1n) is 10.1. The number of ether oxygens (including phenoxy) is 2. The molecule has 1 atom stereocenters. The molecule has 0 saturated carbocycles. The second kappa shape index (κ2) is 7.80. The molecular formula is C24H24N2O6. The lowest BCUT2D eigenvalue weighted by Crippen LogP contribution is -2.52. The minimum atomic E-state index is -1.77.